The third-order valence-corrected chi connectivity index (χ3v) is 7.70. The number of fused-ring (bicyclic) bond motifs is 20. The van der Waals surface area contributed by atoms with Crippen molar-refractivity contribution in [2.24, 2.45) is 0 Å². The minimum absolute atomic E-state index is 0. The van der Waals surface area contributed by atoms with Crippen LogP contribution < -0.4 is 0 Å². The quantitative estimate of drug-likeness (QED) is 0.198. The van der Waals surface area contributed by atoms with Crippen LogP contribution in [0.5, 0.6) is 0 Å². The van der Waals surface area contributed by atoms with Crippen molar-refractivity contribution in [1.82, 2.24) is 39.9 Å². The number of aromatic amines is 2. The topological polar surface area (TPSA) is 133 Å². The largest absolute Gasteiger partial charge is 0.324 e. The van der Waals surface area contributed by atoms with Crippen molar-refractivity contribution in [3.63, 3.8) is 0 Å². The van der Waals surface area contributed by atoms with E-state index >= 15 is 0 Å². The summed E-state index contributed by atoms with van der Waals surface area (Å²) in [7, 11) is 0. The van der Waals surface area contributed by atoms with E-state index in [1.54, 1.807) is 6.07 Å². The Balaban J connectivity index is 0.00000278. The number of hydrogen-bond donors (Lipinski definition) is 2. The van der Waals surface area contributed by atoms with Crippen LogP contribution in [0, 0.1) is 11.3 Å². The molecule has 0 amide bonds. The van der Waals surface area contributed by atoms with E-state index < -0.39 is 0 Å². The van der Waals surface area contributed by atoms with E-state index in [-0.39, 0.29) is 16.8 Å². The predicted molar refractivity (Wildman–Crippen MR) is 161 cm³/mol. The molecule has 203 valence electrons. The first-order chi connectivity index (χ1) is 20.7. The molecule has 2 aliphatic heterocycles. The molecule has 4 aromatic carbocycles. The zero-order valence-electron chi connectivity index (χ0n) is 22.1. The molecule has 3 aromatic heterocycles. The molecule has 0 spiro atoms. The zero-order chi connectivity index (χ0) is 27.8. The number of hydrogen-bond acceptors (Lipinski definition) is 7. The van der Waals surface area contributed by atoms with Gasteiger partial charge in [0, 0.05) is 60.6 Å². The van der Waals surface area contributed by atoms with Gasteiger partial charge in [-0.3, -0.25) is 0 Å². The van der Waals surface area contributed by atoms with Crippen LogP contribution >= 0.6 is 0 Å². The Morgan fingerprint density at radius 3 is 1.33 bits per heavy atom. The number of H-pyrrole nitrogens is 2. The third kappa shape index (κ3) is 3.69. The molecule has 9 nitrogen and oxygen atoms in total. The maximum Gasteiger partial charge on any atom is 0.164 e. The van der Waals surface area contributed by atoms with Crippen LogP contribution in [-0.4, -0.2) is 39.9 Å². The van der Waals surface area contributed by atoms with Gasteiger partial charge in [-0.25, -0.2) is 29.9 Å². The monoisotopic (exact) mass is 598 g/mol. The number of benzene rings is 4. The van der Waals surface area contributed by atoms with Crippen molar-refractivity contribution in [3.8, 4) is 51.6 Å². The van der Waals surface area contributed by atoms with Gasteiger partial charge >= 0.3 is 0 Å². The first-order valence-electron chi connectivity index (χ1n) is 13.4. The molecule has 2 N–H and O–H groups in total. The first kappa shape index (κ1) is 25.0. The molecule has 43 heavy (non-hydrogen) atoms. The second kappa shape index (κ2) is 9.39. The van der Waals surface area contributed by atoms with E-state index in [0.717, 1.165) is 38.4 Å². The maximum absolute atomic E-state index is 9.99. The molecular formula is C33H17CoN9. The van der Waals surface area contributed by atoms with Gasteiger partial charge in [-0.05, 0) is 6.07 Å². The molecule has 0 saturated carbocycles. The Morgan fingerprint density at radius 1 is 0.442 bits per heavy atom. The van der Waals surface area contributed by atoms with Gasteiger partial charge in [0.05, 0.1) is 11.6 Å². The van der Waals surface area contributed by atoms with Crippen LogP contribution in [0.2, 0.25) is 0 Å². The van der Waals surface area contributed by atoms with Gasteiger partial charge < -0.3 is 9.97 Å². The normalized spacial score (nSPS) is 11.5. The summed E-state index contributed by atoms with van der Waals surface area (Å²) in [6.07, 6.45) is 0. The molecule has 0 aliphatic carbocycles. The summed E-state index contributed by atoms with van der Waals surface area (Å²) in [4.78, 5) is 36.5. The standard InChI is InChI=1S/C33H17N9.Co/c34-16-17-8-7-15-24-25(17)33-41-31-23-14-6-5-13-22(23)29(39-31)37-27-19-10-2-1-9-18(19)26(35-27)36-28-20-11-3-4-12-21(20)30(38-28)40-32(24)42-33;/h1-15H,(H2,35,36,37,38,39,40,41,42);. The van der Waals surface area contributed by atoms with E-state index in [9.17, 15) is 5.26 Å². The summed E-state index contributed by atoms with van der Waals surface area (Å²) in [5, 5.41) is 13.3. The first-order valence-corrected chi connectivity index (χ1v) is 13.4. The Hall–Kier alpha value is -5.76. The average molecular weight is 598 g/mol. The number of nitriles is 1. The van der Waals surface area contributed by atoms with E-state index in [0.29, 0.717) is 56.8 Å². The predicted octanol–water partition coefficient (Wildman–Crippen LogP) is 6.74. The van der Waals surface area contributed by atoms with Crippen LogP contribution in [0.4, 0.5) is 0 Å². The van der Waals surface area contributed by atoms with Crippen LogP contribution in [0.3, 0.4) is 0 Å². The summed E-state index contributed by atoms with van der Waals surface area (Å²) < 4.78 is 0. The molecule has 8 bridgehead atoms. The van der Waals surface area contributed by atoms with Gasteiger partial charge in [0.1, 0.15) is 22.6 Å². The van der Waals surface area contributed by atoms with E-state index in [1.807, 2.05) is 84.9 Å². The molecule has 10 heteroatoms. The van der Waals surface area contributed by atoms with Crippen molar-refractivity contribution in [3.05, 3.63) is 96.6 Å². The van der Waals surface area contributed by atoms with Crippen molar-refractivity contribution in [2.45, 2.75) is 0 Å². The smallest absolute Gasteiger partial charge is 0.164 e. The molecule has 5 heterocycles. The number of nitrogens with zero attached hydrogens (tertiary/aromatic N) is 7. The minimum Gasteiger partial charge on any atom is -0.324 e. The fourth-order valence-electron chi connectivity index (χ4n) is 5.78. The maximum atomic E-state index is 9.99. The van der Waals surface area contributed by atoms with Gasteiger partial charge in [-0.15, -0.1) is 0 Å². The second-order valence-electron chi connectivity index (χ2n) is 10.1. The van der Waals surface area contributed by atoms with Gasteiger partial charge in [0.25, 0.3) is 0 Å². The van der Waals surface area contributed by atoms with Crippen molar-refractivity contribution in [2.75, 3.05) is 0 Å². The molecule has 0 atom stereocenters. The average Bonchev–Trinajstić information content (AvgIpc) is 3.76. The Labute approximate surface area is 253 Å². The molecule has 1 radical (unpaired) electrons. The molecule has 0 saturated heterocycles. The SMILES string of the molecule is N#Cc1cccc2c3nc4nc(nc5[nH]c(nc6nc(nc([nH]3)c12)-c1ccccc1-6)c1ccccc51)-c1ccccc1-4.[Co]. The minimum atomic E-state index is 0. The van der Waals surface area contributed by atoms with Crippen LogP contribution in [0.15, 0.2) is 91.0 Å². The molecule has 0 fully saturated rings. The van der Waals surface area contributed by atoms with Crippen molar-refractivity contribution < 1.29 is 16.8 Å². The molecule has 7 aromatic rings. The Morgan fingerprint density at radius 2 is 0.837 bits per heavy atom. The van der Waals surface area contributed by atoms with Crippen LogP contribution in [-0.2, 0) is 16.8 Å². The molecule has 9 rings (SSSR count). The summed E-state index contributed by atoms with van der Waals surface area (Å²) in [5.41, 5.74) is 6.30. The fraction of sp³-hybridized carbons (Fsp3) is 0. The van der Waals surface area contributed by atoms with Gasteiger partial charge in [0.15, 0.2) is 23.3 Å². The summed E-state index contributed by atoms with van der Waals surface area (Å²) >= 11 is 0. The zero-order valence-corrected chi connectivity index (χ0v) is 23.2. The van der Waals surface area contributed by atoms with Gasteiger partial charge in [0.2, 0.25) is 0 Å². The van der Waals surface area contributed by atoms with E-state index in [2.05, 4.69) is 16.0 Å². The third-order valence-electron chi connectivity index (χ3n) is 7.70. The summed E-state index contributed by atoms with van der Waals surface area (Å²) in [6, 6.07) is 31.6. The Kier molecular flexibility index (Phi) is 5.45. The molecular weight excluding hydrogens is 581 g/mol. The van der Waals surface area contributed by atoms with Gasteiger partial charge in [-0.1, -0.05) is 84.9 Å². The van der Waals surface area contributed by atoms with Gasteiger partial charge in [-0.2, -0.15) is 5.26 Å². The van der Waals surface area contributed by atoms with Crippen molar-refractivity contribution >= 4 is 44.1 Å². The number of rotatable bonds is 0. The fourth-order valence-corrected chi connectivity index (χ4v) is 5.78. The van der Waals surface area contributed by atoms with Crippen molar-refractivity contribution in [1.29, 1.82) is 5.26 Å². The van der Waals surface area contributed by atoms with E-state index in [4.69, 9.17) is 29.9 Å². The van der Waals surface area contributed by atoms with Crippen LogP contribution in [0.25, 0.3) is 89.7 Å². The second-order valence-corrected chi connectivity index (χ2v) is 10.1. The molecule has 2 aliphatic rings. The summed E-state index contributed by atoms with van der Waals surface area (Å²) in [5.74, 6) is 2.11. The summed E-state index contributed by atoms with van der Waals surface area (Å²) in [6.45, 7) is 0. The van der Waals surface area contributed by atoms with Crippen LogP contribution in [0.1, 0.15) is 5.56 Å². The Bertz CT molecular complexity index is 2500. The molecule has 0 unspecified atom stereocenters. The van der Waals surface area contributed by atoms with E-state index in [1.165, 1.54) is 0 Å². The number of nitrogens with one attached hydrogen (secondary N) is 2. The number of aromatic nitrogens is 8.